The lowest BCUT2D eigenvalue weighted by atomic mass is 10.3. The average Bonchev–Trinajstić information content (AvgIpc) is 2.68. The number of pyridine rings is 1. The van der Waals surface area contributed by atoms with Gasteiger partial charge in [0.2, 0.25) is 0 Å². The summed E-state index contributed by atoms with van der Waals surface area (Å²) in [4.78, 5) is 8.71. The third-order valence-electron chi connectivity index (χ3n) is 1.81. The molecule has 0 fully saturated rings. The number of aromatic nitrogens is 2. The SMILES string of the molecule is CNCc1nc(-c2ccccn2)cs1. The van der Waals surface area contributed by atoms with Crippen molar-refractivity contribution in [1.82, 2.24) is 15.3 Å². The van der Waals surface area contributed by atoms with Gasteiger partial charge in [-0.15, -0.1) is 11.3 Å². The highest BCUT2D eigenvalue weighted by molar-refractivity contribution is 7.09. The lowest BCUT2D eigenvalue weighted by Crippen LogP contribution is -2.04. The van der Waals surface area contributed by atoms with E-state index in [1.54, 1.807) is 17.5 Å². The Kier molecular flexibility index (Phi) is 2.86. The predicted molar refractivity (Wildman–Crippen MR) is 58.1 cm³/mol. The third-order valence-corrected chi connectivity index (χ3v) is 2.66. The molecule has 14 heavy (non-hydrogen) atoms. The average molecular weight is 205 g/mol. The minimum Gasteiger partial charge on any atom is -0.314 e. The van der Waals surface area contributed by atoms with Crippen molar-refractivity contribution in [2.75, 3.05) is 7.05 Å². The van der Waals surface area contributed by atoms with Crippen LogP contribution in [0.1, 0.15) is 5.01 Å². The van der Waals surface area contributed by atoms with E-state index in [1.807, 2.05) is 30.6 Å². The molecule has 0 saturated heterocycles. The van der Waals surface area contributed by atoms with E-state index in [0.29, 0.717) is 0 Å². The molecule has 2 aromatic heterocycles. The number of nitrogens with one attached hydrogen (secondary N) is 1. The highest BCUT2D eigenvalue weighted by atomic mass is 32.1. The van der Waals surface area contributed by atoms with Crippen molar-refractivity contribution in [1.29, 1.82) is 0 Å². The monoisotopic (exact) mass is 205 g/mol. The smallest absolute Gasteiger partial charge is 0.107 e. The number of nitrogens with zero attached hydrogens (tertiary/aromatic N) is 2. The van der Waals surface area contributed by atoms with Crippen molar-refractivity contribution in [3.05, 3.63) is 34.8 Å². The van der Waals surface area contributed by atoms with Crippen LogP contribution in [0.15, 0.2) is 29.8 Å². The first-order valence-corrected chi connectivity index (χ1v) is 5.28. The van der Waals surface area contributed by atoms with Crippen LogP contribution in [0.3, 0.4) is 0 Å². The Bertz CT molecular complexity index is 397. The van der Waals surface area contributed by atoms with E-state index in [-0.39, 0.29) is 0 Å². The zero-order chi connectivity index (χ0) is 9.80. The fourth-order valence-electron chi connectivity index (χ4n) is 1.18. The van der Waals surface area contributed by atoms with E-state index in [4.69, 9.17) is 0 Å². The minimum atomic E-state index is 0.817. The molecule has 0 aliphatic heterocycles. The summed E-state index contributed by atoms with van der Waals surface area (Å²) in [6, 6.07) is 5.85. The van der Waals surface area contributed by atoms with Crippen LogP contribution >= 0.6 is 11.3 Å². The van der Waals surface area contributed by atoms with E-state index in [2.05, 4.69) is 15.3 Å². The Morgan fingerprint density at radius 2 is 2.29 bits per heavy atom. The topological polar surface area (TPSA) is 37.8 Å². The standard InChI is InChI=1S/C10H11N3S/c1-11-6-10-13-9(7-14-10)8-4-2-3-5-12-8/h2-5,7,11H,6H2,1H3. The van der Waals surface area contributed by atoms with Crippen molar-refractivity contribution in [3.8, 4) is 11.4 Å². The van der Waals surface area contributed by atoms with E-state index in [9.17, 15) is 0 Å². The van der Waals surface area contributed by atoms with Gasteiger partial charge in [0.1, 0.15) is 5.01 Å². The summed E-state index contributed by atoms with van der Waals surface area (Å²) in [6.45, 7) is 0.817. The molecule has 4 heteroatoms. The molecule has 0 saturated carbocycles. The van der Waals surface area contributed by atoms with Crippen LogP contribution in [-0.4, -0.2) is 17.0 Å². The van der Waals surface area contributed by atoms with Gasteiger partial charge >= 0.3 is 0 Å². The van der Waals surface area contributed by atoms with Gasteiger partial charge in [-0.25, -0.2) is 4.98 Å². The van der Waals surface area contributed by atoms with Gasteiger partial charge in [0, 0.05) is 18.1 Å². The van der Waals surface area contributed by atoms with Crippen molar-refractivity contribution in [2.24, 2.45) is 0 Å². The maximum Gasteiger partial charge on any atom is 0.107 e. The summed E-state index contributed by atoms with van der Waals surface area (Å²) >= 11 is 1.66. The summed E-state index contributed by atoms with van der Waals surface area (Å²) in [7, 11) is 1.92. The minimum absolute atomic E-state index is 0.817. The molecule has 1 N–H and O–H groups in total. The molecule has 0 unspecified atom stereocenters. The van der Waals surface area contributed by atoms with Gasteiger partial charge in [-0.1, -0.05) is 6.07 Å². The zero-order valence-corrected chi connectivity index (χ0v) is 8.71. The fraction of sp³-hybridized carbons (Fsp3) is 0.200. The molecule has 0 atom stereocenters. The number of thiazole rings is 1. The molecule has 0 aliphatic carbocycles. The number of hydrogen-bond donors (Lipinski definition) is 1. The van der Waals surface area contributed by atoms with Gasteiger partial charge < -0.3 is 5.32 Å². The molecule has 0 aromatic carbocycles. The summed E-state index contributed by atoms with van der Waals surface area (Å²) < 4.78 is 0. The highest BCUT2D eigenvalue weighted by Gasteiger charge is 2.03. The molecule has 0 spiro atoms. The Hall–Kier alpha value is -1.26. The largest absolute Gasteiger partial charge is 0.314 e. The predicted octanol–water partition coefficient (Wildman–Crippen LogP) is 1.92. The van der Waals surface area contributed by atoms with E-state index in [0.717, 1.165) is 22.9 Å². The highest BCUT2D eigenvalue weighted by Crippen LogP contribution is 2.19. The molecule has 0 aliphatic rings. The molecule has 2 rings (SSSR count). The van der Waals surface area contributed by atoms with Crippen LogP contribution in [-0.2, 0) is 6.54 Å². The van der Waals surface area contributed by atoms with Gasteiger partial charge in [0.05, 0.1) is 11.4 Å². The number of rotatable bonds is 3. The van der Waals surface area contributed by atoms with Gasteiger partial charge in [0.15, 0.2) is 0 Å². The maximum absolute atomic E-state index is 4.46. The Morgan fingerprint density at radius 3 is 3.00 bits per heavy atom. The second-order valence-corrected chi connectivity index (χ2v) is 3.81. The van der Waals surface area contributed by atoms with Gasteiger partial charge in [-0.2, -0.15) is 0 Å². The van der Waals surface area contributed by atoms with Crippen LogP contribution in [0.2, 0.25) is 0 Å². The van der Waals surface area contributed by atoms with E-state index < -0.39 is 0 Å². The second kappa shape index (κ2) is 4.30. The normalized spacial score (nSPS) is 10.4. The van der Waals surface area contributed by atoms with Crippen molar-refractivity contribution in [3.63, 3.8) is 0 Å². The summed E-state index contributed by atoms with van der Waals surface area (Å²) in [6.07, 6.45) is 1.78. The molecule has 72 valence electrons. The van der Waals surface area contributed by atoms with Gasteiger partial charge in [0.25, 0.3) is 0 Å². The van der Waals surface area contributed by atoms with E-state index >= 15 is 0 Å². The molecule has 3 nitrogen and oxygen atoms in total. The van der Waals surface area contributed by atoms with Crippen LogP contribution in [0.4, 0.5) is 0 Å². The molecule has 0 bridgehead atoms. The summed E-state index contributed by atoms with van der Waals surface area (Å²) in [5.41, 5.74) is 1.90. The van der Waals surface area contributed by atoms with E-state index in [1.165, 1.54) is 0 Å². The number of hydrogen-bond acceptors (Lipinski definition) is 4. The first-order valence-electron chi connectivity index (χ1n) is 4.40. The Balaban J connectivity index is 2.25. The quantitative estimate of drug-likeness (QED) is 0.832. The van der Waals surface area contributed by atoms with Crippen molar-refractivity contribution in [2.45, 2.75) is 6.54 Å². The molecule has 2 aromatic rings. The van der Waals surface area contributed by atoms with Gasteiger partial charge in [-0.05, 0) is 19.2 Å². The second-order valence-electron chi connectivity index (χ2n) is 2.87. The summed E-state index contributed by atoms with van der Waals surface area (Å²) in [5, 5.41) is 6.20. The Labute approximate surface area is 86.8 Å². The fourth-order valence-corrected chi connectivity index (χ4v) is 1.98. The molecule has 0 radical (unpaired) electrons. The zero-order valence-electron chi connectivity index (χ0n) is 7.90. The van der Waals surface area contributed by atoms with Crippen LogP contribution in [0.25, 0.3) is 11.4 Å². The van der Waals surface area contributed by atoms with Crippen LogP contribution in [0.5, 0.6) is 0 Å². The molecule has 0 amide bonds. The molecular formula is C10H11N3S. The van der Waals surface area contributed by atoms with Crippen LogP contribution < -0.4 is 5.32 Å². The van der Waals surface area contributed by atoms with Crippen LogP contribution in [0, 0.1) is 0 Å². The third kappa shape index (κ3) is 1.97. The van der Waals surface area contributed by atoms with Crippen molar-refractivity contribution >= 4 is 11.3 Å². The summed E-state index contributed by atoms with van der Waals surface area (Å²) in [5.74, 6) is 0. The molecule has 2 heterocycles. The lowest BCUT2D eigenvalue weighted by Gasteiger charge is -1.93. The van der Waals surface area contributed by atoms with Crippen molar-refractivity contribution < 1.29 is 0 Å². The maximum atomic E-state index is 4.46. The van der Waals surface area contributed by atoms with Gasteiger partial charge in [-0.3, -0.25) is 4.98 Å². The molecular weight excluding hydrogens is 194 g/mol. The Morgan fingerprint density at radius 1 is 1.36 bits per heavy atom. The first-order chi connectivity index (χ1) is 6.90. The lowest BCUT2D eigenvalue weighted by molar-refractivity contribution is 0.810. The first kappa shape index (κ1) is 9.30.